The SMILES string of the molecule is CCc1ccc(C(=O)CN2C(=O)NC(C)(c3ccc(OC(F)(F)F)cc3)C2=O)cc1. The molecule has 2 aromatic carbocycles. The maximum Gasteiger partial charge on any atom is 0.573 e. The second-order valence-electron chi connectivity index (χ2n) is 6.99. The predicted molar refractivity (Wildman–Crippen MR) is 101 cm³/mol. The predicted octanol–water partition coefficient (Wildman–Crippen LogP) is 3.80. The maximum atomic E-state index is 12.9. The number of hydrogen-bond donors (Lipinski definition) is 1. The third kappa shape index (κ3) is 4.29. The van der Waals surface area contributed by atoms with Crippen LogP contribution in [0.25, 0.3) is 0 Å². The van der Waals surface area contributed by atoms with Gasteiger partial charge in [0.1, 0.15) is 11.3 Å². The molecular formula is C21H19F3N2O4. The van der Waals surface area contributed by atoms with Crippen LogP contribution in [0.4, 0.5) is 18.0 Å². The number of amides is 3. The van der Waals surface area contributed by atoms with E-state index in [1.54, 1.807) is 24.3 Å². The van der Waals surface area contributed by atoms with Gasteiger partial charge in [-0.1, -0.05) is 43.3 Å². The Kier molecular flexibility index (Phi) is 5.56. The highest BCUT2D eigenvalue weighted by Gasteiger charge is 2.49. The van der Waals surface area contributed by atoms with Crippen LogP contribution in [0.15, 0.2) is 48.5 Å². The van der Waals surface area contributed by atoms with Gasteiger partial charge in [-0.25, -0.2) is 4.79 Å². The van der Waals surface area contributed by atoms with Crippen molar-refractivity contribution in [3.63, 3.8) is 0 Å². The minimum absolute atomic E-state index is 0.262. The van der Waals surface area contributed by atoms with E-state index in [0.29, 0.717) is 5.56 Å². The van der Waals surface area contributed by atoms with Crippen LogP contribution in [0.5, 0.6) is 5.75 Å². The smallest absolute Gasteiger partial charge is 0.406 e. The van der Waals surface area contributed by atoms with Crippen molar-refractivity contribution < 1.29 is 32.3 Å². The summed E-state index contributed by atoms with van der Waals surface area (Å²) < 4.78 is 40.8. The van der Waals surface area contributed by atoms with Crippen LogP contribution in [0, 0.1) is 0 Å². The molecule has 0 aromatic heterocycles. The van der Waals surface area contributed by atoms with Gasteiger partial charge in [-0.05, 0) is 36.6 Å². The van der Waals surface area contributed by atoms with E-state index in [4.69, 9.17) is 0 Å². The van der Waals surface area contributed by atoms with Crippen molar-refractivity contribution in [2.24, 2.45) is 0 Å². The minimum atomic E-state index is -4.84. The molecular weight excluding hydrogens is 401 g/mol. The molecule has 158 valence electrons. The summed E-state index contributed by atoms with van der Waals surface area (Å²) in [5.41, 5.74) is 0.167. The average molecular weight is 420 g/mol. The van der Waals surface area contributed by atoms with E-state index in [1.807, 2.05) is 6.92 Å². The first-order chi connectivity index (χ1) is 14.0. The van der Waals surface area contributed by atoms with Crippen LogP contribution in [0.1, 0.15) is 35.3 Å². The number of nitrogens with one attached hydrogen (secondary N) is 1. The summed E-state index contributed by atoms with van der Waals surface area (Å²) >= 11 is 0. The van der Waals surface area contributed by atoms with E-state index < -0.39 is 41.9 Å². The van der Waals surface area contributed by atoms with Crippen LogP contribution in [0.2, 0.25) is 0 Å². The van der Waals surface area contributed by atoms with E-state index in [1.165, 1.54) is 19.1 Å². The molecule has 1 atom stereocenters. The van der Waals surface area contributed by atoms with Crippen molar-refractivity contribution in [2.75, 3.05) is 6.54 Å². The Morgan fingerprint density at radius 1 is 1.07 bits per heavy atom. The van der Waals surface area contributed by atoms with Crippen LogP contribution in [-0.4, -0.2) is 35.5 Å². The van der Waals surface area contributed by atoms with E-state index in [9.17, 15) is 27.6 Å². The zero-order valence-electron chi connectivity index (χ0n) is 16.2. The number of alkyl halides is 3. The van der Waals surface area contributed by atoms with Crippen molar-refractivity contribution in [2.45, 2.75) is 32.2 Å². The molecule has 3 amide bonds. The number of urea groups is 1. The van der Waals surface area contributed by atoms with E-state index >= 15 is 0 Å². The summed E-state index contributed by atoms with van der Waals surface area (Å²) in [4.78, 5) is 38.6. The molecule has 6 nitrogen and oxygen atoms in total. The van der Waals surface area contributed by atoms with Gasteiger partial charge in [-0.3, -0.25) is 14.5 Å². The first kappa shape index (κ1) is 21.4. The summed E-state index contributed by atoms with van der Waals surface area (Å²) in [6.45, 7) is 2.96. The van der Waals surface area contributed by atoms with E-state index in [-0.39, 0.29) is 5.56 Å². The normalized spacial score (nSPS) is 19.0. The molecule has 0 spiro atoms. The van der Waals surface area contributed by atoms with E-state index in [2.05, 4.69) is 10.1 Å². The second-order valence-corrected chi connectivity index (χ2v) is 6.99. The zero-order chi connectivity index (χ0) is 22.1. The molecule has 30 heavy (non-hydrogen) atoms. The molecule has 1 aliphatic rings. The maximum absolute atomic E-state index is 12.9. The van der Waals surface area contributed by atoms with Crippen molar-refractivity contribution in [1.82, 2.24) is 10.2 Å². The van der Waals surface area contributed by atoms with Crippen molar-refractivity contribution in [3.05, 3.63) is 65.2 Å². The van der Waals surface area contributed by atoms with Gasteiger partial charge in [0.2, 0.25) is 0 Å². The first-order valence-electron chi connectivity index (χ1n) is 9.16. The number of aryl methyl sites for hydroxylation is 1. The Labute approximate surface area is 170 Å². The lowest BCUT2D eigenvalue weighted by atomic mass is 9.92. The van der Waals surface area contributed by atoms with Gasteiger partial charge >= 0.3 is 12.4 Å². The Morgan fingerprint density at radius 2 is 1.67 bits per heavy atom. The number of benzene rings is 2. The minimum Gasteiger partial charge on any atom is -0.406 e. The number of ketones is 1. The topological polar surface area (TPSA) is 75.7 Å². The van der Waals surface area contributed by atoms with E-state index in [0.717, 1.165) is 29.0 Å². The highest BCUT2D eigenvalue weighted by Crippen LogP contribution is 2.31. The standard InChI is InChI=1S/C21H19F3N2O4/c1-3-13-4-6-14(7-5-13)17(27)12-26-18(28)20(2,25-19(26)29)15-8-10-16(11-9-15)30-21(22,23)24/h4-11H,3,12H2,1-2H3,(H,25,29). The molecule has 0 saturated carbocycles. The van der Waals surface area contributed by atoms with Gasteiger partial charge in [-0.15, -0.1) is 13.2 Å². The Hall–Kier alpha value is -3.36. The number of halogens is 3. The summed E-state index contributed by atoms with van der Waals surface area (Å²) in [7, 11) is 0. The highest BCUT2D eigenvalue weighted by molar-refractivity contribution is 6.11. The largest absolute Gasteiger partial charge is 0.573 e. The highest BCUT2D eigenvalue weighted by atomic mass is 19.4. The quantitative estimate of drug-likeness (QED) is 0.570. The molecule has 0 aliphatic carbocycles. The average Bonchev–Trinajstić information content (AvgIpc) is 2.91. The number of hydrogen-bond acceptors (Lipinski definition) is 4. The fourth-order valence-corrected chi connectivity index (χ4v) is 3.19. The fourth-order valence-electron chi connectivity index (χ4n) is 3.19. The summed E-state index contributed by atoms with van der Waals surface area (Å²) in [5, 5.41) is 2.51. The van der Waals surface area contributed by atoms with Gasteiger partial charge in [0, 0.05) is 5.56 Å². The van der Waals surface area contributed by atoms with Gasteiger partial charge in [0.15, 0.2) is 5.78 Å². The number of imide groups is 1. The number of carbonyl (C=O) groups is 3. The first-order valence-corrected chi connectivity index (χ1v) is 9.16. The van der Waals surface area contributed by atoms with Crippen LogP contribution in [-0.2, 0) is 16.8 Å². The van der Waals surface area contributed by atoms with Gasteiger partial charge in [0.05, 0.1) is 6.54 Å². The van der Waals surface area contributed by atoms with Crippen LogP contribution >= 0.6 is 0 Å². The number of rotatable bonds is 6. The third-order valence-corrected chi connectivity index (χ3v) is 4.93. The molecule has 1 N–H and O–H groups in total. The second kappa shape index (κ2) is 7.81. The summed E-state index contributed by atoms with van der Waals surface area (Å²) in [6.07, 6.45) is -4.03. The number of carbonyl (C=O) groups excluding carboxylic acids is 3. The molecule has 1 fully saturated rings. The molecule has 9 heteroatoms. The molecule has 0 bridgehead atoms. The third-order valence-electron chi connectivity index (χ3n) is 4.93. The molecule has 0 radical (unpaired) electrons. The Balaban J connectivity index is 1.76. The molecule has 1 heterocycles. The lowest BCUT2D eigenvalue weighted by Gasteiger charge is -2.22. The molecule has 1 saturated heterocycles. The lowest BCUT2D eigenvalue weighted by molar-refractivity contribution is -0.274. The van der Waals surface area contributed by atoms with Crippen LogP contribution in [0.3, 0.4) is 0 Å². The number of Topliss-reactive ketones (excluding diaryl/α,β-unsaturated/α-hetero) is 1. The van der Waals surface area contributed by atoms with Gasteiger partial charge in [0.25, 0.3) is 5.91 Å². The lowest BCUT2D eigenvalue weighted by Crippen LogP contribution is -2.41. The van der Waals surface area contributed by atoms with Crippen molar-refractivity contribution >= 4 is 17.7 Å². The molecule has 1 unspecified atom stereocenters. The fraction of sp³-hybridized carbons (Fsp3) is 0.286. The Bertz CT molecular complexity index is 971. The number of ether oxygens (including phenoxy) is 1. The molecule has 3 rings (SSSR count). The Morgan fingerprint density at radius 3 is 2.20 bits per heavy atom. The molecule has 2 aromatic rings. The molecule has 1 aliphatic heterocycles. The van der Waals surface area contributed by atoms with Crippen molar-refractivity contribution in [1.29, 1.82) is 0 Å². The summed E-state index contributed by atoms with van der Waals surface area (Å²) in [6, 6.07) is 10.7. The van der Waals surface area contributed by atoms with Gasteiger partial charge < -0.3 is 10.1 Å². The van der Waals surface area contributed by atoms with Crippen molar-refractivity contribution in [3.8, 4) is 5.75 Å². The summed E-state index contributed by atoms with van der Waals surface area (Å²) in [5.74, 6) is -1.52. The zero-order valence-corrected chi connectivity index (χ0v) is 16.2. The number of nitrogens with zero attached hydrogens (tertiary/aromatic N) is 1. The van der Waals surface area contributed by atoms with Crippen LogP contribution < -0.4 is 10.1 Å². The van der Waals surface area contributed by atoms with Gasteiger partial charge in [-0.2, -0.15) is 0 Å². The monoisotopic (exact) mass is 420 g/mol.